The van der Waals surface area contributed by atoms with Crippen LogP contribution in [0, 0.1) is 0 Å². The van der Waals surface area contributed by atoms with E-state index >= 15 is 0 Å². The van der Waals surface area contributed by atoms with Crippen LogP contribution in [0.4, 0.5) is 4.79 Å². The molecule has 0 saturated heterocycles. The van der Waals surface area contributed by atoms with Crippen molar-refractivity contribution in [1.29, 1.82) is 0 Å². The molecule has 0 radical (unpaired) electrons. The standard InChI is InChI=1S/C25H51NO3Si/c1-8-10-11-12-13-14-15-16-17-18-19-20-21-23(22(9-2)28-24(26)27)29-30(6,7)25(3,4)5/h9,22-23H,2,8,10-21H2,1,3-7H3,(H2,26,27)/t22-,23-/m0/s1. The fourth-order valence-electron chi connectivity index (χ4n) is 3.44. The van der Waals surface area contributed by atoms with Gasteiger partial charge >= 0.3 is 6.09 Å². The van der Waals surface area contributed by atoms with Gasteiger partial charge in [-0.15, -0.1) is 0 Å². The molecule has 178 valence electrons. The van der Waals surface area contributed by atoms with Crippen molar-refractivity contribution in [3.05, 3.63) is 12.7 Å². The van der Waals surface area contributed by atoms with Gasteiger partial charge in [0.1, 0.15) is 6.10 Å². The predicted octanol–water partition coefficient (Wildman–Crippen LogP) is 8.12. The van der Waals surface area contributed by atoms with Crippen LogP contribution in [0.1, 0.15) is 111 Å². The zero-order valence-electron chi connectivity index (χ0n) is 20.9. The fraction of sp³-hybridized carbons (Fsp3) is 0.880. The summed E-state index contributed by atoms with van der Waals surface area (Å²) in [5.41, 5.74) is 5.27. The van der Waals surface area contributed by atoms with E-state index in [9.17, 15) is 4.79 Å². The van der Waals surface area contributed by atoms with E-state index in [1.807, 2.05) is 0 Å². The van der Waals surface area contributed by atoms with E-state index in [2.05, 4.69) is 47.4 Å². The molecule has 2 N–H and O–H groups in total. The summed E-state index contributed by atoms with van der Waals surface area (Å²) in [6.45, 7) is 17.2. The summed E-state index contributed by atoms with van der Waals surface area (Å²) in [5, 5.41) is 0.0975. The first-order chi connectivity index (χ1) is 14.0. The van der Waals surface area contributed by atoms with Crippen LogP contribution in [0.5, 0.6) is 0 Å². The van der Waals surface area contributed by atoms with Gasteiger partial charge in [0.2, 0.25) is 0 Å². The fourth-order valence-corrected chi connectivity index (χ4v) is 4.80. The molecule has 0 heterocycles. The Bertz CT molecular complexity index is 460. The molecule has 0 aliphatic carbocycles. The molecule has 0 saturated carbocycles. The lowest BCUT2D eigenvalue weighted by molar-refractivity contribution is 0.0333. The minimum Gasteiger partial charge on any atom is -0.439 e. The maximum absolute atomic E-state index is 11.3. The number of rotatable bonds is 18. The molecule has 5 heteroatoms. The van der Waals surface area contributed by atoms with Crippen molar-refractivity contribution in [2.24, 2.45) is 5.73 Å². The Morgan fingerprint density at radius 2 is 1.37 bits per heavy atom. The Morgan fingerprint density at radius 1 is 0.933 bits per heavy atom. The highest BCUT2D eigenvalue weighted by Gasteiger charge is 2.40. The molecular formula is C25H51NO3Si. The molecular weight excluding hydrogens is 390 g/mol. The van der Waals surface area contributed by atoms with E-state index in [1.54, 1.807) is 6.08 Å². The van der Waals surface area contributed by atoms with Gasteiger partial charge < -0.3 is 14.9 Å². The van der Waals surface area contributed by atoms with Crippen molar-refractivity contribution in [2.45, 2.75) is 142 Å². The molecule has 4 nitrogen and oxygen atoms in total. The molecule has 0 aromatic heterocycles. The van der Waals surface area contributed by atoms with Gasteiger partial charge in [0.05, 0.1) is 6.10 Å². The van der Waals surface area contributed by atoms with E-state index in [0.717, 1.165) is 12.8 Å². The highest BCUT2D eigenvalue weighted by atomic mass is 28.4. The lowest BCUT2D eigenvalue weighted by atomic mass is 10.0. The van der Waals surface area contributed by atoms with E-state index in [1.165, 1.54) is 70.6 Å². The SMILES string of the molecule is C=C[C@H](OC(N)=O)[C@H](CCCCCCCCCCCCCC)O[Si](C)(C)C(C)(C)C. The third kappa shape index (κ3) is 13.5. The average Bonchev–Trinajstić information content (AvgIpc) is 2.64. The van der Waals surface area contributed by atoms with Crippen LogP contribution in [0.3, 0.4) is 0 Å². The van der Waals surface area contributed by atoms with Gasteiger partial charge in [0.25, 0.3) is 0 Å². The summed E-state index contributed by atoms with van der Waals surface area (Å²) in [6.07, 6.45) is 17.0. The molecule has 2 atom stereocenters. The molecule has 0 aliphatic rings. The molecule has 0 bridgehead atoms. The summed E-state index contributed by atoms with van der Waals surface area (Å²) in [6, 6.07) is 0. The van der Waals surface area contributed by atoms with Gasteiger partial charge in [-0.2, -0.15) is 0 Å². The van der Waals surface area contributed by atoms with Crippen LogP contribution in [-0.4, -0.2) is 26.6 Å². The molecule has 0 aromatic rings. The second kappa shape index (κ2) is 15.9. The van der Waals surface area contributed by atoms with Crippen molar-refractivity contribution in [2.75, 3.05) is 0 Å². The van der Waals surface area contributed by atoms with E-state index < -0.39 is 20.5 Å². The minimum atomic E-state index is -1.98. The predicted molar refractivity (Wildman–Crippen MR) is 132 cm³/mol. The lowest BCUT2D eigenvalue weighted by Gasteiger charge is -2.40. The Hall–Kier alpha value is -0.813. The number of primary amides is 1. The maximum atomic E-state index is 11.3. The van der Waals surface area contributed by atoms with Crippen molar-refractivity contribution in [3.63, 3.8) is 0 Å². The first-order valence-corrected chi connectivity index (χ1v) is 15.2. The molecule has 1 amide bonds. The van der Waals surface area contributed by atoms with Crippen molar-refractivity contribution >= 4 is 14.4 Å². The molecule has 0 rings (SSSR count). The second-order valence-electron chi connectivity index (χ2n) is 10.2. The lowest BCUT2D eigenvalue weighted by Crippen LogP contribution is -2.47. The number of hydrogen-bond acceptors (Lipinski definition) is 3. The smallest absolute Gasteiger partial charge is 0.405 e. The summed E-state index contributed by atoms with van der Waals surface area (Å²) in [7, 11) is -1.98. The van der Waals surface area contributed by atoms with Gasteiger partial charge in [-0.1, -0.05) is 111 Å². The zero-order chi connectivity index (χ0) is 23.0. The third-order valence-electron chi connectivity index (χ3n) is 6.45. The number of ether oxygens (including phenoxy) is 1. The molecule has 0 unspecified atom stereocenters. The van der Waals surface area contributed by atoms with E-state index in [-0.39, 0.29) is 11.1 Å². The van der Waals surface area contributed by atoms with E-state index in [0.29, 0.717) is 0 Å². The Balaban J connectivity index is 4.30. The Labute approximate surface area is 188 Å². The Kier molecular flexibility index (Phi) is 15.5. The summed E-state index contributed by atoms with van der Waals surface area (Å²) < 4.78 is 11.9. The molecule has 30 heavy (non-hydrogen) atoms. The largest absolute Gasteiger partial charge is 0.439 e. The summed E-state index contributed by atoms with van der Waals surface area (Å²) in [5.74, 6) is 0. The van der Waals surface area contributed by atoms with Gasteiger partial charge in [-0.05, 0) is 30.6 Å². The number of carbonyl (C=O) groups excluding carboxylic acids is 1. The third-order valence-corrected chi connectivity index (χ3v) is 10.9. The normalized spacial score (nSPS) is 14.3. The van der Waals surface area contributed by atoms with Crippen LogP contribution in [0.15, 0.2) is 12.7 Å². The first-order valence-electron chi connectivity index (χ1n) is 12.3. The second-order valence-corrected chi connectivity index (χ2v) is 15.0. The van der Waals surface area contributed by atoms with Crippen LogP contribution >= 0.6 is 0 Å². The molecule has 0 fully saturated rings. The van der Waals surface area contributed by atoms with Crippen LogP contribution in [-0.2, 0) is 9.16 Å². The van der Waals surface area contributed by atoms with Crippen molar-refractivity contribution in [3.8, 4) is 0 Å². The Morgan fingerprint density at radius 3 is 1.73 bits per heavy atom. The summed E-state index contributed by atoms with van der Waals surface area (Å²) >= 11 is 0. The number of hydrogen-bond donors (Lipinski definition) is 1. The monoisotopic (exact) mass is 441 g/mol. The molecule has 0 aliphatic heterocycles. The highest BCUT2D eigenvalue weighted by Crippen LogP contribution is 2.38. The zero-order valence-corrected chi connectivity index (χ0v) is 21.9. The average molecular weight is 442 g/mol. The van der Waals surface area contributed by atoms with Gasteiger partial charge in [0, 0.05) is 0 Å². The van der Waals surface area contributed by atoms with Gasteiger partial charge in [-0.25, -0.2) is 4.79 Å². The van der Waals surface area contributed by atoms with Crippen molar-refractivity contribution in [1.82, 2.24) is 0 Å². The number of unbranched alkanes of at least 4 members (excludes halogenated alkanes) is 11. The topological polar surface area (TPSA) is 61.5 Å². The number of amides is 1. The maximum Gasteiger partial charge on any atom is 0.405 e. The van der Waals surface area contributed by atoms with E-state index in [4.69, 9.17) is 14.9 Å². The van der Waals surface area contributed by atoms with Crippen LogP contribution in [0.2, 0.25) is 18.1 Å². The van der Waals surface area contributed by atoms with Crippen molar-refractivity contribution < 1.29 is 14.0 Å². The minimum absolute atomic E-state index is 0.0975. The first kappa shape index (κ1) is 29.2. The highest BCUT2D eigenvalue weighted by molar-refractivity contribution is 6.74. The van der Waals surface area contributed by atoms with Gasteiger partial charge in [0.15, 0.2) is 8.32 Å². The number of carbonyl (C=O) groups is 1. The van der Waals surface area contributed by atoms with Crippen LogP contribution in [0.25, 0.3) is 0 Å². The number of nitrogens with two attached hydrogens (primary N) is 1. The molecule has 0 spiro atoms. The van der Waals surface area contributed by atoms with Gasteiger partial charge in [-0.3, -0.25) is 0 Å². The van der Waals surface area contributed by atoms with Crippen LogP contribution < -0.4 is 5.73 Å². The molecule has 0 aromatic carbocycles. The quantitative estimate of drug-likeness (QED) is 0.133. The summed E-state index contributed by atoms with van der Waals surface area (Å²) in [4.78, 5) is 11.3.